The fraction of sp³-hybridized carbons (Fsp3) is 0. The Labute approximate surface area is 204 Å². The number of benzene rings is 2. The van der Waals surface area contributed by atoms with Crippen LogP contribution in [0.25, 0.3) is 17.4 Å². The largest absolute Gasteiger partial charge is 0.457 e. The fourth-order valence-electron chi connectivity index (χ4n) is 2.86. The molecule has 156 valence electrons. The van der Waals surface area contributed by atoms with Crippen LogP contribution in [-0.4, -0.2) is 15.2 Å². The van der Waals surface area contributed by atoms with Gasteiger partial charge in [-0.05, 0) is 52.3 Å². The van der Waals surface area contributed by atoms with Gasteiger partial charge in [0.15, 0.2) is 4.32 Å². The Hall–Kier alpha value is -2.17. The molecular formula is C20H9BrCl2N2O4S2. The molecule has 6 nitrogen and oxygen atoms in total. The van der Waals surface area contributed by atoms with Crippen LogP contribution in [0.1, 0.15) is 5.76 Å². The zero-order valence-electron chi connectivity index (χ0n) is 15.2. The molecule has 0 atom stereocenters. The van der Waals surface area contributed by atoms with Crippen molar-refractivity contribution in [1.82, 2.24) is 0 Å². The molecule has 0 spiro atoms. The Morgan fingerprint density at radius 3 is 2.61 bits per heavy atom. The number of anilines is 1. The number of hydrogen-bond donors (Lipinski definition) is 0. The molecule has 1 amide bonds. The summed E-state index contributed by atoms with van der Waals surface area (Å²) in [4.78, 5) is 25.1. The summed E-state index contributed by atoms with van der Waals surface area (Å²) in [5, 5.41) is 11.7. The summed E-state index contributed by atoms with van der Waals surface area (Å²) in [6.07, 6.45) is 1.59. The van der Waals surface area contributed by atoms with Crippen molar-refractivity contribution in [1.29, 1.82) is 0 Å². The molecule has 2 aromatic carbocycles. The SMILES string of the molecule is O=C1/C(=C/c2ccc(-c3ccc([N+](=O)[O-])cc3Br)o2)SC(=S)N1c1ccc(Cl)cc1Cl. The molecule has 2 heterocycles. The summed E-state index contributed by atoms with van der Waals surface area (Å²) in [5.74, 6) is 0.598. The lowest BCUT2D eigenvalue weighted by Crippen LogP contribution is -2.27. The van der Waals surface area contributed by atoms with E-state index in [0.29, 0.717) is 46.5 Å². The van der Waals surface area contributed by atoms with Crippen LogP contribution in [0.3, 0.4) is 0 Å². The smallest absolute Gasteiger partial charge is 0.270 e. The number of nitrogens with zero attached hydrogens (tertiary/aromatic N) is 2. The lowest BCUT2D eigenvalue weighted by Gasteiger charge is -2.16. The summed E-state index contributed by atoms with van der Waals surface area (Å²) >= 11 is 22.0. The summed E-state index contributed by atoms with van der Waals surface area (Å²) in [6, 6.07) is 12.6. The number of rotatable bonds is 4. The van der Waals surface area contributed by atoms with Crippen LogP contribution in [0.15, 0.2) is 62.3 Å². The molecular weight excluding hydrogens is 547 g/mol. The first-order valence-corrected chi connectivity index (χ1v) is 11.3. The molecule has 1 aromatic heterocycles. The monoisotopic (exact) mass is 554 g/mol. The van der Waals surface area contributed by atoms with Crippen LogP contribution in [0.5, 0.6) is 0 Å². The highest BCUT2D eigenvalue weighted by molar-refractivity contribution is 9.10. The van der Waals surface area contributed by atoms with E-state index < -0.39 is 4.92 Å². The minimum absolute atomic E-state index is 0.0352. The Morgan fingerprint density at radius 1 is 1.16 bits per heavy atom. The highest BCUT2D eigenvalue weighted by Gasteiger charge is 2.34. The molecule has 0 N–H and O–H groups in total. The number of thiocarbonyl (C=S) groups is 1. The van der Waals surface area contributed by atoms with Gasteiger partial charge in [0.1, 0.15) is 11.5 Å². The minimum atomic E-state index is -0.475. The predicted molar refractivity (Wildman–Crippen MR) is 131 cm³/mol. The summed E-state index contributed by atoms with van der Waals surface area (Å²) in [7, 11) is 0. The van der Waals surface area contributed by atoms with Crippen molar-refractivity contribution in [2.45, 2.75) is 0 Å². The molecule has 0 unspecified atom stereocenters. The number of amides is 1. The number of thioether (sulfide) groups is 1. The van der Waals surface area contributed by atoms with E-state index in [1.165, 1.54) is 17.0 Å². The maximum Gasteiger partial charge on any atom is 0.270 e. The van der Waals surface area contributed by atoms with Crippen LogP contribution in [0, 0.1) is 10.1 Å². The number of halogens is 3. The molecule has 0 saturated carbocycles. The molecule has 1 aliphatic rings. The Morgan fingerprint density at radius 2 is 1.94 bits per heavy atom. The van der Waals surface area contributed by atoms with Gasteiger partial charge in [-0.25, -0.2) is 0 Å². The van der Waals surface area contributed by atoms with Crippen molar-refractivity contribution in [2.75, 3.05) is 4.90 Å². The van der Waals surface area contributed by atoms with Gasteiger partial charge in [-0.1, -0.05) is 47.2 Å². The lowest BCUT2D eigenvalue weighted by molar-refractivity contribution is -0.384. The number of nitro groups is 1. The van der Waals surface area contributed by atoms with Crippen molar-refractivity contribution >= 4 is 90.8 Å². The molecule has 1 saturated heterocycles. The van der Waals surface area contributed by atoms with E-state index >= 15 is 0 Å². The van der Waals surface area contributed by atoms with Crippen molar-refractivity contribution in [3.63, 3.8) is 0 Å². The molecule has 0 aliphatic carbocycles. The van der Waals surface area contributed by atoms with Crippen LogP contribution < -0.4 is 4.90 Å². The summed E-state index contributed by atoms with van der Waals surface area (Å²) in [6.45, 7) is 0. The zero-order chi connectivity index (χ0) is 22.3. The van der Waals surface area contributed by atoms with Gasteiger partial charge in [0.25, 0.3) is 11.6 Å². The second kappa shape index (κ2) is 8.76. The van der Waals surface area contributed by atoms with Gasteiger partial charge in [0.05, 0.1) is 20.5 Å². The quantitative estimate of drug-likeness (QED) is 0.145. The number of hydrogen-bond acceptors (Lipinski definition) is 6. The third kappa shape index (κ3) is 4.42. The second-order valence-corrected chi connectivity index (χ2v) is 9.61. The topological polar surface area (TPSA) is 76.6 Å². The van der Waals surface area contributed by atoms with Crippen LogP contribution in [0.4, 0.5) is 11.4 Å². The van der Waals surface area contributed by atoms with E-state index in [-0.39, 0.29) is 11.6 Å². The second-order valence-electron chi connectivity index (χ2n) is 6.24. The predicted octanol–water partition coefficient (Wildman–Crippen LogP) is 7.33. The normalized spacial score (nSPS) is 15.2. The number of furan rings is 1. The fourth-order valence-corrected chi connectivity index (χ4v) is 5.18. The maximum atomic E-state index is 12.9. The molecule has 0 bridgehead atoms. The standard InChI is InChI=1S/C20H9BrCl2N2O4S2/c21-14-8-11(25(27)28)2-4-13(14)17-6-3-12(29-17)9-18-19(26)24(20(30)31-18)16-5-1-10(22)7-15(16)23/h1-9H/b18-9-. The van der Waals surface area contributed by atoms with Gasteiger partial charge in [0.2, 0.25) is 0 Å². The van der Waals surface area contributed by atoms with Gasteiger partial charge in [0, 0.05) is 33.3 Å². The van der Waals surface area contributed by atoms with E-state index in [2.05, 4.69) is 15.9 Å². The van der Waals surface area contributed by atoms with E-state index in [0.717, 1.165) is 11.8 Å². The molecule has 1 aliphatic heterocycles. The molecule has 1 fully saturated rings. The van der Waals surface area contributed by atoms with Gasteiger partial charge in [-0.3, -0.25) is 19.8 Å². The van der Waals surface area contributed by atoms with Gasteiger partial charge < -0.3 is 4.42 Å². The van der Waals surface area contributed by atoms with E-state index in [1.807, 2.05) is 0 Å². The minimum Gasteiger partial charge on any atom is -0.457 e. The van der Waals surface area contributed by atoms with E-state index in [4.69, 9.17) is 39.8 Å². The van der Waals surface area contributed by atoms with Gasteiger partial charge >= 0.3 is 0 Å². The summed E-state index contributed by atoms with van der Waals surface area (Å²) < 4.78 is 6.69. The Kier molecular flexibility index (Phi) is 6.23. The third-order valence-electron chi connectivity index (χ3n) is 4.27. The third-order valence-corrected chi connectivity index (χ3v) is 6.77. The number of carbonyl (C=O) groups is 1. The lowest BCUT2D eigenvalue weighted by atomic mass is 10.1. The van der Waals surface area contributed by atoms with E-state index in [9.17, 15) is 14.9 Å². The highest BCUT2D eigenvalue weighted by Crippen LogP contribution is 2.40. The molecule has 31 heavy (non-hydrogen) atoms. The van der Waals surface area contributed by atoms with Gasteiger partial charge in [-0.2, -0.15) is 0 Å². The highest BCUT2D eigenvalue weighted by atomic mass is 79.9. The molecule has 4 rings (SSSR count). The van der Waals surface area contributed by atoms with Crippen LogP contribution in [0.2, 0.25) is 10.0 Å². The Bertz CT molecular complexity index is 1290. The number of nitro benzene ring substituents is 1. The zero-order valence-corrected chi connectivity index (χ0v) is 19.9. The van der Waals surface area contributed by atoms with Crippen LogP contribution >= 0.6 is 63.1 Å². The average molecular weight is 556 g/mol. The van der Waals surface area contributed by atoms with Crippen molar-refractivity contribution in [2.24, 2.45) is 0 Å². The number of non-ortho nitro benzene ring substituents is 1. The first-order chi connectivity index (χ1) is 14.7. The van der Waals surface area contributed by atoms with Crippen molar-refractivity contribution in [3.05, 3.63) is 83.8 Å². The average Bonchev–Trinajstić information content (AvgIpc) is 3.27. The summed E-state index contributed by atoms with van der Waals surface area (Å²) in [5.41, 5.74) is 1.06. The first-order valence-electron chi connectivity index (χ1n) is 8.52. The van der Waals surface area contributed by atoms with Gasteiger partial charge in [-0.15, -0.1) is 0 Å². The van der Waals surface area contributed by atoms with Crippen molar-refractivity contribution < 1.29 is 14.1 Å². The van der Waals surface area contributed by atoms with E-state index in [1.54, 1.807) is 42.5 Å². The number of carbonyl (C=O) groups excluding carboxylic acids is 1. The van der Waals surface area contributed by atoms with Crippen molar-refractivity contribution in [3.8, 4) is 11.3 Å². The first kappa shape index (κ1) is 22.0. The maximum absolute atomic E-state index is 12.9. The van der Waals surface area contributed by atoms with Crippen LogP contribution in [-0.2, 0) is 4.79 Å². The molecule has 0 radical (unpaired) electrons. The Balaban J connectivity index is 1.62. The molecule has 11 heteroatoms. The molecule has 3 aromatic rings.